The second-order valence-corrected chi connectivity index (χ2v) is 8.98. The molecule has 0 radical (unpaired) electrons. The molecule has 1 amide bonds. The van der Waals surface area contributed by atoms with E-state index in [9.17, 15) is 14.9 Å². The average molecular weight is 520 g/mol. The van der Waals surface area contributed by atoms with Crippen LogP contribution in [0, 0.1) is 17.0 Å². The number of thioether (sulfide) groups is 1. The Labute approximate surface area is 217 Å². The molecule has 4 rings (SSSR count). The first-order chi connectivity index (χ1) is 17.9. The Balaban J connectivity index is 1.60. The summed E-state index contributed by atoms with van der Waals surface area (Å²) in [6.45, 7) is 2.11. The number of hydrogen-bond donors (Lipinski definition) is 1. The van der Waals surface area contributed by atoms with Crippen molar-refractivity contribution < 1.29 is 19.2 Å². The third kappa shape index (κ3) is 6.07. The van der Waals surface area contributed by atoms with Gasteiger partial charge in [0.2, 0.25) is 0 Å². The second-order valence-electron chi connectivity index (χ2n) is 8.03. The summed E-state index contributed by atoms with van der Waals surface area (Å²) < 4.78 is 12.3. The number of rotatable bonds is 10. The Hall–Kier alpha value is -4.38. The lowest BCUT2D eigenvalue weighted by Gasteiger charge is -2.13. The Bertz CT molecular complexity index is 1420. The molecule has 0 unspecified atom stereocenters. The highest BCUT2D eigenvalue weighted by Crippen LogP contribution is 2.27. The van der Waals surface area contributed by atoms with Crippen molar-refractivity contribution in [2.75, 3.05) is 14.2 Å². The maximum Gasteiger partial charge on any atom is 0.269 e. The van der Waals surface area contributed by atoms with Crippen LogP contribution in [0.5, 0.6) is 11.5 Å². The number of non-ortho nitro benzene ring substituents is 1. The Morgan fingerprint density at radius 2 is 1.84 bits per heavy atom. The van der Waals surface area contributed by atoms with Gasteiger partial charge in [0.1, 0.15) is 11.5 Å². The van der Waals surface area contributed by atoms with Gasteiger partial charge in [0, 0.05) is 29.6 Å². The van der Waals surface area contributed by atoms with Gasteiger partial charge in [-0.15, -0.1) is 10.2 Å². The lowest BCUT2D eigenvalue weighted by atomic mass is 10.1. The van der Waals surface area contributed by atoms with E-state index >= 15 is 0 Å². The van der Waals surface area contributed by atoms with Crippen LogP contribution in [0.15, 0.2) is 71.9 Å². The lowest BCUT2D eigenvalue weighted by molar-refractivity contribution is -0.384. The van der Waals surface area contributed by atoms with E-state index in [2.05, 4.69) is 21.6 Å². The van der Waals surface area contributed by atoms with Gasteiger partial charge in [-0.1, -0.05) is 41.6 Å². The molecule has 1 aromatic heterocycles. The first kappa shape index (κ1) is 25.7. The quantitative estimate of drug-likeness (QED) is 0.181. The summed E-state index contributed by atoms with van der Waals surface area (Å²) in [5.41, 5.74) is 3.26. The summed E-state index contributed by atoms with van der Waals surface area (Å²) in [6.07, 6.45) is 0. The Kier molecular flexibility index (Phi) is 8.04. The predicted molar refractivity (Wildman–Crippen MR) is 139 cm³/mol. The molecule has 0 aliphatic rings. The van der Waals surface area contributed by atoms with Gasteiger partial charge < -0.3 is 14.8 Å². The van der Waals surface area contributed by atoms with E-state index in [0.29, 0.717) is 39.5 Å². The van der Waals surface area contributed by atoms with Crippen molar-refractivity contribution in [2.45, 2.75) is 24.4 Å². The minimum Gasteiger partial charge on any atom is -0.497 e. The first-order valence-electron chi connectivity index (χ1n) is 11.3. The number of aromatic nitrogens is 3. The Morgan fingerprint density at radius 3 is 2.51 bits per heavy atom. The highest BCUT2D eigenvalue weighted by atomic mass is 32.2. The molecule has 11 heteroatoms. The molecule has 1 N–H and O–H groups in total. The van der Waals surface area contributed by atoms with Crippen LogP contribution in [0.2, 0.25) is 0 Å². The summed E-state index contributed by atoms with van der Waals surface area (Å²) in [6, 6.07) is 19.2. The average Bonchev–Trinajstić information content (AvgIpc) is 3.32. The van der Waals surface area contributed by atoms with Crippen LogP contribution in [0.4, 0.5) is 5.69 Å². The molecule has 0 saturated heterocycles. The summed E-state index contributed by atoms with van der Waals surface area (Å²) >= 11 is 1.48. The van der Waals surface area contributed by atoms with Crippen molar-refractivity contribution in [3.05, 3.63) is 99.4 Å². The third-order valence-electron chi connectivity index (χ3n) is 5.53. The van der Waals surface area contributed by atoms with Gasteiger partial charge in [-0.3, -0.25) is 19.5 Å². The molecule has 0 bridgehead atoms. The standard InChI is InChI=1S/C26H25N5O5S/c1-17-5-4-6-18(13-17)16-37-26-29-28-24(30(26)19-7-9-20(10-8-19)31(33)34)15-27-25(32)22-12-11-21(35-2)14-23(22)36-3/h4-14H,15-16H2,1-3H3,(H,27,32). The highest BCUT2D eigenvalue weighted by molar-refractivity contribution is 7.98. The van der Waals surface area contributed by atoms with Crippen LogP contribution >= 0.6 is 11.8 Å². The van der Waals surface area contributed by atoms with E-state index in [0.717, 1.165) is 11.1 Å². The number of nitrogens with zero attached hydrogens (tertiary/aromatic N) is 4. The van der Waals surface area contributed by atoms with Gasteiger partial charge in [0.25, 0.3) is 11.6 Å². The monoisotopic (exact) mass is 519 g/mol. The minimum atomic E-state index is -0.452. The summed E-state index contributed by atoms with van der Waals surface area (Å²) in [4.78, 5) is 23.6. The molecule has 190 valence electrons. The zero-order valence-corrected chi connectivity index (χ0v) is 21.3. The van der Waals surface area contributed by atoms with Crippen LogP contribution in [0.25, 0.3) is 5.69 Å². The van der Waals surface area contributed by atoms with Crippen LogP contribution < -0.4 is 14.8 Å². The van der Waals surface area contributed by atoms with Crippen molar-refractivity contribution in [2.24, 2.45) is 0 Å². The Morgan fingerprint density at radius 1 is 1.05 bits per heavy atom. The molecule has 0 aliphatic heterocycles. The van der Waals surface area contributed by atoms with Crippen LogP contribution in [0.1, 0.15) is 27.3 Å². The van der Waals surface area contributed by atoms with Gasteiger partial charge in [0.05, 0.1) is 31.3 Å². The third-order valence-corrected chi connectivity index (χ3v) is 6.53. The number of carbonyl (C=O) groups excluding carboxylic acids is 1. The summed E-state index contributed by atoms with van der Waals surface area (Å²) in [5.74, 6) is 1.72. The number of aryl methyl sites for hydroxylation is 1. The number of benzene rings is 3. The molecule has 0 fully saturated rings. The van der Waals surface area contributed by atoms with Crippen molar-refractivity contribution in [1.29, 1.82) is 0 Å². The van der Waals surface area contributed by atoms with E-state index in [1.807, 2.05) is 25.1 Å². The summed E-state index contributed by atoms with van der Waals surface area (Å²) in [7, 11) is 3.02. The molecule has 10 nitrogen and oxygen atoms in total. The van der Waals surface area contributed by atoms with E-state index in [-0.39, 0.29) is 18.1 Å². The van der Waals surface area contributed by atoms with E-state index < -0.39 is 4.92 Å². The van der Waals surface area contributed by atoms with Gasteiger partial charge in [-0.2, -0.15) is 0 Å². The fourth-order valence-corrected chi connectivity index (χ4v) is 4.60. The molecule has 3 aromatic carbocycles. The van der Waals surface area contributed by atoms with Crippen molar-refractivity contribution in [3.63, 3.8) is 0 Å². The lowest BCUT2D eigenvalue weighted by Crippen LogP contribution is -2.25. The van der Waals surface area contributed by atoms with Gasteiger partial charge in [-0.25, -0.2) is 0 Å². The van der Waals surface area contributed by atoms with Gasteiger partial charge in [-0.05, 0) is 36.8 Å². The predicted octanol–water partition coefficient (Wildman–Crippen LogP) is 4.72. The molecule has 0 saturated carbocycles. The van der Waals surface area contributed by atoms with E-state index in [1.54, 1.807) is 34.9 Å². The molecule has 37 heavy (non-hydrogen) atoms. The topological polar surface area (TPSA) is 121 Å². The van der Waals surface area contributed by atoms with Gasteiger partial charge >= 0.3 is 0 Å². The second kappa shape index (κ2) is 11.6. The SMILES string of the molecule is COc1ccc(C(=O)NCc2nnc(SCc3cccc(C)c3)n2-c2ccc([N+](=O)[O-])cc2)c(OC)c1. The number of methoxy groups -OCH3 is 2. The first-order valence-corrected chi connectivity index (χ1v) is 12.3. The smallest absolute Gasteiger partial charge is 0.269 e. The van der Waals surface area contributed by atoms with E-state index in [4.69, 9.17) is 9.47 Å². The zero-order valence-electron chi connectivity index (χ0n) is 20.5. The van der Waals surface area contributed by atoms with Crippen molar-refractivity contribution in [1.82, 2.24) is 20.1 Å². The fraction of sp³-hybridized carbons (Fsp3) is 0.192. The van der Waals surface area contributed by atoms with Crippen LogP contribution in [-0.2, 0) is 12.3 Å². The molecule has 0 atom stereocenters. The normalized spacial score (nSPS) is 10.7. The number of amides is 1. The molecule has 1 heterocycles. The van der Waals surface area contributed by atoms with Crippen LogP contribution in [-0.4, -0.2) is 39.8 Å². The number of nitro groups is 1. The number of ether oxygens (including phenoxy) is 2. The maximum absolute atomic E-state index is 12.9. The number of nitro benzene ring substituents is 1. The number of carbonyl (C=O) groups is 1. The summed E-state index contributed by atoms with van der Waals surface area (Å²) in [5, 5.41) is 23.2. The van der Waals surface area contributed by atoms with E-state index in [1.165, 1.54) is 38.1 Å². The molecule has 0 spiro atoms. The van der Waals surface area contributed by atoms with Gasteiger partial charge in [0.15, 0.2) is 11.0 Å². The van der Waals surface area contributed by atoms with Crippen molar-refractivity contribution >= 4 is 23.4 Å². The minimum absolute atomic E-state index is 0.0211. The fourth-order valence-electron chi connectivity index (χ4n) is 3.68. The highest BCUT2D eigenvalue weighted by Gasteiger charge is 2.19. The largest absolute Gasteiger partial charge is 0.497 e. The van der Waals surface area contributed by atoms with Crippen molar-refractivity contribution in [3.8, 4) is 17.2 Å². The molecular formula is C26H25N5O5S. The zero-order chi connectivity index (χ0) is 26.4. The molecular weight excluding hydrogens is 494 g/mol. The molecule has 0 aliphatic carbocycles. The van der Waals surface area contributed by atoms with Crippen LogP contribution in [0.3, 0.4) is 0 Å². The maximum atomic E-state index is 12.9. The number of nitrogens with one attached hydrogen (secondary N) is 1. The number of hydrogen-bond acceptors (Lipinski definition) is 8. The molecule has 4 aromatic rings.